The fourth-order valence-corrected chi connectivity index (χ4v) is 4.79. The van der Waals surface area contributed by atoms with Crippen LogP contribution in [0.4, 0.5) is 0 Å². The van der Waals surface area contributed by atoms with Crippen molar-refractivity contribution in [3.8, 4) is 0 Å². The first kappa shape index (κ1) is 18.1. The number of carboxylic acid groups (broad SMARTS) is 1. The Kier molecular flexibility index (Phi) is 4.53. The number of carbonyl (C=O) groups is 2. The summed E-state index contributed by atoms with van der Waals surface area (Å²) >= 11 is 0. The van der Waals surface area contributed by atoms with Gasteiger partial charge in [0.25, 0.3) is 5.56 Å². The molecule has 2 heterocycles. The molecule has 1 aromatic carbocycles. The van der Waals surface area contributed by atoms with Gasteiger partial charge in [0.15, 0.2) is 9.84 Å². The maximum absolute atomic E-state index is 12.5. The highest BCUT2D eigenvalue weighted by molar-refractivity contribution is 7.91. The van der Waals surface area contributed by atoms with Gasteiger partial charge in [0.05, 0.1) is 22.9 Å². The second-order valence-electron chi connectivity index (χ2n) is 6.21. The number of likely N-dealkylation sites (N-methyl/N-ethyl adjacent to an activating group) is 1. The molecule has 0 saturated carbocycles. The van der Waals surface area contributed by atoms with E-state index < -0.39 is 45.6 Å². The number of carbonyl (C=O) groups excluding carboxylic acids is 2. The van der Waals surface area contributed by atoms with Crippen molar-refractivity contribution in [1.29, 1.82) is 0 Å². The summed E-state index contributed by atoms with van der Waals surface area (Å²) in [6.07, 6.45) is 0.328. The number of carboxylic acids is 1. The summed E-state index contributed by atoms with van der Waals surface area (Å²) in [5.41, 5.74) is -1.04. The number of nitrogens with zero attached hydrogens (tertiary/aromatic N) is 3. The lowest BCUT2D eigenvalue weighted by Gasteiger charge is -2.23. The number of rotatable bonds is 4. The van der Waals surface area contributed by atoms with E-state index in [-0.39, 0.29) is 22.3 Å². The first-order valence-electron chi connectivity index (χ1n) is 7.87. The summed E-state index contributed by atoms with van der Waals surface area (Å²) in [6.45, 7) is -0.489. The highest BCUT2D eigenvalue weighted by Gasteiger charge is 2.32. The van der Waals surface area contributed by atoms with E-state index in [4.69, 9.17) is 0 Å². The van der Waals surface area contributed by atoms with Crippen molar-refractivity contribution in [3.05, 3.63) is 40.3 Å². The van der Waals surface area contributed by atoms with Crippen LogP contribution in [-0.4, -0.2) is 59.6 Å². The SMILES string of the molecule is CN(C(=O)Cn1nc(C(=O)[O-])c2ccccc2c1=O)[C@H]1CCS(=O)(=O)C1. The number of fused-ring (bicyclic) bond motifs is 1. The third-order valence-electron chi connectivity index (χ3n) is 4.50. The molecule has 0 radical (unpaired) electrons. The standard InChI is InChI=1S/C16H17N3O6S/c1-18(10-6-7-26(24,25)9-10)13(20)8-19-15(21)12-5-3-2-4-11(12)14(17-19)16(22)23/h2-5,10H,6-9H2,1H3,(H,22,23)/p-1/t10-/m0/s1. The van der Waals surface area contributed by atoms with Crippen molar-refractivity contribution in [2.24, 2.45) is 0 Å². The molecule has 2 aromatic rings. The summed E-state index contributed by atoms with van der Waals surface area (Å²) in [7, 11) is -1.71. The van der Waals surface area contributed by atoms with E-state index in [0.717, 1.165) is 4.68 Å². The quantitative estimate of drug-likeness (QED) is 0.627. The van der Waals surface area contributed by atoms with Gasteiger partial charge in [-0.3, -0.25) is 9.59 Å². The van der Waals surface area contributed by atoms with Gasteiger partial charge >= 0.3 is 0 Å². The van der Waals surface area contributed by atoms with Crippen LogP contribution in [0, 0.1) is 0 Å². The van der Waals surface area contributed by atoms with Gasteiger partial charge in [-0.1, -0.05) is 18.2 Å². The van der Waals surface area contributed by atoms with E-state index >= 15 is 0 Å². The second kappa shape index (κ2) is 6.52. The molecule has 0 bridgehead atoms. The Bertz CT molecular complexity index is 1060. The lowest BCUT2D eigenvalue weighted by molar-refractivity contribution is -0.255. The van der Waals surface area contributed by atoms with E-state index in [1.165, 1.54) is 24.1 Å². The summed E-state index contributed by atoms with van der Waals surface area (Å²) in [5.74, 6) is -2.20. The van der Waals surface area contributed by atoms with E-state index in [2.05, 4.69) is 5.10 Å². The van der Waals surface area contributed by atoms with Gasteiger partial charge in [-0.05, 0) is 12.5 Å². The van der Waals surface area contributed by atoms with Crippen LogP contribution < -0.4 is 10.7 Å². The number of amides is 1. The third kappa shape index (κ3) is 3.32. The Morgan fingerprint density at radius 2 is 1.96 bits per heavy atom. The van der Waals surface area contributed by atoms with Crippen LogP contribution >= 0.6 is 0 Å². The molecule has 0 unspecified atom stereocenters. The van der Waals surface area contributed by atoms with Gasteiger partial charge in [0.1, 0.15) is 12.2 Å². The smallest absolute Gasteiger partial charge is 0.275 e. The highest BCUT2D eigenvalue weighted by Crippen LogP contribution is 2.17. The summed E-state index contributed by atoms with van der Waals surface area (Å²) in [4.78, 5) is 37.6. The molecule has 3 rings (SSSR count). The number of hydrogen-bond acceptors (Lipinski definition) is 7. The Morgan fingerprint density at radius 1 is 1.31 bits per heavy atom. The van der Waals surface area contributed by atoms with Crippen LogP contribution in [0.5, 0.6) is 0 Å². The number of aromatic carboxylic acids is 1. The number of sulfone groups is 1. The van der Waals surface area contributed by atoms with Crippen LogP contribution in [0.15, 0.2) is 29.1 Å². The normalized spacial score (nSPS) is 18.7. The molecule has 1 aromatic heterocycles. The fraction of sp³-hybridized carbons (Fsp3) is 0.375. The van der Waals surface area contributed by atoms with Crippen molar-refractivity contribution in [1.82, 2.24) is 14.7 Å². The maximum Gasteiger partial charge on any atom is 0.275 e. The van der Waals surface area contributed by atoms with Gasteiger partial charge in [-0.25, -0.2) is 13.1 Å². The lowest BCUT2D eigenvalue weighted by Crippen LogP contribution is -2.42. The molecule has 138 valence electrons. The molecule has 0 N–H and O–H groups in total. The minimum absolute atomic E-state index is 0.0122. The summed E-state index contributed by atoms with van der Waals surface area (Å²) in [6, 6.07) is 5.56. The first-order valence-corrected chi connectivity index (χ1v) is 9.69. The fourth-order valence-electron chi connectivity index (χ4n) is 3.02. The average Bonchev–Trinajstić information content (AvgIpc) is 2.96. The van der Waals surface area contributed by atoms with Gasteiger partial charge in [-0.15, -0.1) is 0 Å². The van der Waals surface area contributed by atoms with E-state index in [1.807, 2.05) is 0 Å². The van der Waals surface area contributed by atoms with E-state index in [1.54, 1.807) is 12.1 Å². The molecular weight excluding hydrogens is 362 g/mol. The highest BCUT2D eigenvalue weighted by atomic mass is 32.2. The molecule has 9 nitrogen and oxygen atoms in total. The Hall–Kier alpha value is -2.75. The molecule has 1 atom stereocenters. The van der Waals surface area contributed by atoms with Crippen LogP contribution in [0.25, 0.3) is 10.8 Å². The van der Waals surface area contributed by atoms with Crippen molar-refractivity contribution in [3.63, 3.8) is 0 Å². The van der Waals surface area contributed by atoms with Crippen LogP contribution in [0.2, 0.25) is 0 Å². The lowest BCUT2D eigenvalue weighted by atomic mass is 10.1. The molecule has 10 heteroatoms. The average molecular weight is 378 g/mol. The largest absolute Gasteiger partial charge is 0.543 e. The molecule has 0 aliphatic carbocycles. The molecule has 26 heavy (non-hydrogen) atoms. The van der Waals surface area contributed by atoms with Crippen molar-refractivity contribution in [2.75, 3.05) is 18.6 Å². The zero-order valence-electron chi connectivity index (χ0n) is 13.9. The van der Waals surface area contributed by atoms with Crippen LogP contribution in [0.1, 0.15) is 16.9 Å². The van der Waals surface area contributed by atoms with Gasteiger partial charge in [0.2, 0.25) is 5.91 Å². The van der Waals surface area contributed by atoms with E-state index in [0.29, 0.717) is 6.42 Å². The minimum Gasteiger partial charge on any atom is -0.543 e. The predicted octanol–water partition coefficient (Wildman–Crippen LogP) is -1.59. The van der Waals surface area contributed by atoms with Gasteiger partial charge in [0, 0.05) is 18.5 Å². The summed E-state index contributed by atoms with van der Waals surface area (Å²) in [5, 5.41) is 15.3. The van der Waals surface area contributed by atoms with Crippen molar-refractivity contribution < 1.29 is 23.1 Å². The minimum atomic E-state index is -3.17. The number of aromatic nitrogens is 2. The van der Waals surface area contributed by atoms with Crippen LogP contribution in [-0.2, 0) is 21.2 Å². The zero-order valence-corrected chi connectivity index (χ0v) is 14.7. The maximum atomic E-state index is 12.5. The molecule has 1 fully saturated rings. The van der Waals surface area contributed by atoms with Gasteiger partial charge < -0.3 is 14.8 Å². The Labute approximate surface area is 148 Å². The van der Waals surface area contributed by atoms with Gasteiger partial charge in [-0.2, -0.15) is 5.10 Å². The van der Waals surface area contributed by atoms with Crippen LogP contribution in [0.3, 0.4) is 0 Å². The topological polar surface area (TPSA) is 129 Å². The Morgan fingerprint density at radius 3 is 2.54 bits per heavy atom. The van der Waals surface area contributed by atoms with E-state index in [9.17, 15) is 27.9 Å². The summed E-state index contributed by atoms with van der Waals surface area (Å²) < 4.78 is 23.9. The van der Waals surface area contributed by atoms with Crippen molar-refractivity contribution >= 4 is 32.5 Å². The molecule has 0 spiro atoms. The second-order valence-corrected chi connectivity index (χ2v) is 8.43. The Balaban J connectivity index is 1.93. The molecule has 1 saturated heterocycles. The monoisotopic (exact) mass is 378 g/mol. The molecule has 1 aliphatic rings. The first-order chi connectivity index (χ1) is 12.2. The van der Waals surface area contributed by atoms with Crippen molar-refractivity contribution in [2.45, 2.75) is 19.0 Å². The molecule has 1 amide bonds. The molecular formula is C16H16N3O6S-. The predicted molar refractivity (Wildman–Crippen MR) is 90.2 cm³/mol. The number of hydrogen-bond donors (Lipinski definition) is 0. The third-order valence-corrected chi connectivity index (χ3v) is 6.25. The zero-order chi connectivity index (χ0) is 19.1. The number of benzene rings is 1. The molecule has 1 aliphatic heterocycles.